The lowest BCUT2D eigenvalue weighted by molar-refractivity contribution is -0.117. The van der Waals surface area contributed by atoms with Crippen LogP contribution in [0.1, 0.15) is 37.9 Å². The first-order chi connectivity index (χ1) is 11.7. The fourth-order valence-corrected chi connectivity index (χ4v) is 2.77. The van der Waals surface area contributed by atoms with Gasteiger partial charge < -0.3 is 15.8 Å². The van der Waals surface area contributed by atoms with E-state index in [1.54, 1.807) is 0 Å². The van der Waals surface area contributed by atoms with Crippen molar-refractivity contribution in [3.8, 4) is 11.4 Å². The standard InChI is InChI=1S/C17H23N5O2.ClH/c18-11-15-20-17(22-21-15)12-4-6-13(7-5-12)19-16(23)9-8-14-3-1-2-10-24-14;/h4-7,14H,1-3,8-11,18H2,(H,19,23)(H,20,21,22);1H. The van der Waals surface area contributed by atoms with Crippen molar-refractivity contribution in [2.45, 2.75) is 44.8 Å². The summed E-state index contributed by atoms with van der Waals surface area (Å²) in [7, 11) is 0. The third kappa shape index (κ3) is 5.52. The summed E-state index contributed by atoms with van der Waals surface area (Å²) in [6.45, 7) is 1.15. The van der Waals surface area contributed by atoms with Crippen molar-refractivity contribution in [1.29, 1.82) is 0 Å². The summed E-state index contributed by atoms with van der Waals surface area (Å²) >= 11 is 0. The van der Waals surface area contributed by atoms with E-state index in [9.17, 15) is 4.79 Å². The third-order valence-corrected chi connectivity index (χ3v) is 4.12. The molecule has 1 aliphatic heterocycles. The molecule has 1 fully saturated rings. The molecule has 1 aromatic heterocycles. The molecule has 2 heterocycles. The average molecular weight is 366 g/mol. The molecule has 0 spiro atoms. The van der Waals surface area contributed by atoms with E-state index < -0.39 is 0 Å². The van der Waals surface area contributed by atoms with Gasteiger partial charge in [0, 0.05) is 24.3 Å². The van der Waals surface area contributed by atoms with Crippen LogP contribution in [0.2, 0.25) is 0 Å². The number of carbonyl (C=O) groups excluding carboxylic acids is 1. The highest BCUT2D eigenvalue weighted by molar-refractivity contribution is 5.90. The number of amides is 1. The van der Waals surface area contributed by atoms with Crippen LogP contribution in [0.15, 0.2) is 24.3 Å². The summed E-state index contributed by atoms with van der Waals surface area (Å²) in [4.78, 5) is 16.3. The number of rotatable bonds is 6. The Kier molecular flexibility index (Phi) is 7.36. The van der Waals surface area contributed by atoms with Crippen molar-refractivity contribution in [2.75, 3.05) is 11.9 Å². The number of carbonyl (C=O) groups is 1. The summed E-state index contributed by atoms with van der Waals surface area (Å²) in [6.07, 6.45) is 4.88. The van der Waals surface area contributed by atoms with Crippen LogP contribution in [0.5, 0.6) is 0 Å². The highest BCUT2D eigenvalue weighted by Crippen LogP contribution is 2.19. The molecule has 25 heavy (non-hydrogen) atoms. The van der Waals surface area contributed by atoms with Gasteiger partial charge in [0.2, 0.25) is 5.91 Å². The first kappa shape index (κ1) is 19.4. The summed E-state index contributed by atoms with van der Waals surface area (Å²) in [5, 5.41) is 9.81. The second-order valence-electron chi connectivity index (χ2n) is 5.96. The number of nitrogens with two attached hydrogens (primary N) is 1. The van der Waals surface area contributed by atoms with Gasteiger partial charge in [-0.25, -0.2) is 4.98 Å². The van der Waals surface area contributed by atoms with E-state index in [-0.39, 0.29) is 24.4 Å². The lowest BCUT2D eigenvalue weighted by atomic mass is 10.0. The van der Waals surface area contributed by atoms with Gasteiger partial charge in [0.1, 0.15) is 5.82 Å². The molecule has 1 aliphatic rings. The second kappa shape index (κ2) is 9.50. The zero-order valence-corrected chi connectivity index (χ0v) is 14.8. The minimum absolute atomic E-state index is 0. The molecule has 0 bridgehead atoms. The number of H-pyrrole nitrogens is 1. The van der Waals surface area contributed by atoms with Crippen molar-refractivity contribution in [3.63, 3.8) is 0 Å². The number of aromatic nitrogens is 3. The predicted molar refractivity (Wildman–Crippen MR) is 98.4 cm³/mol. The predicted octanol–water partition coefficient (Wildman–Crippen LogP) is 2.64. The van der Waals surface area contributed by atoms with Gasteiger partial charge in [-0.1, -0.05) is 0 Å². The minimum atomic E-state index is 0. The maximum atomic E-state index is 12.0. The monoisotopic (exact) mass is 365 g/mol. The minimum Gasteiger partial charge on any atom is -0.378 e. The SMILES string of the molecule is Cl.NCc1nc(-c2ccc(NC(=O)CCC3CCCCO3)cc2)n[nH]1. The van der Waals surface area contributed by atoms with Crippen LogP contribution in [0, 0.1) is 0 Å². The quantitative estimate of drug-likeness (QED) is 0.729. The normalized spacial score (nSPS) is 16.9. The summed E-state index contributed by atoms with van der Waals surface area (Å²) in [5.41, 5.74) is 7.15. The van der Waals surface area contributed by atoms with Crippen molar-refractivity contribution < 1.29 is 9.53 Å². The number of nitrogens with one attached hydrogen (secondary N) is 2. The number of nitrogens with zero attached hydrogens (tertiary/aromatic N) is 2. The van der Waals surface area contributed by atoms with Crippen molar-refractivity contribution in [3.05, 3.63) is 30.1 Å². The maximum Gasteiger partial charge on any atom is 0.224 e. The van der Waals surface area contributed by atoms with Crippen molar-refractivity contribution in [2.24, 2.45) is 5.73 Å². The van der Waals surface area contributed by atoms with Gasteiger partial charge in [0.25, 0.3) is 0 Å². The number of anilines is 1. The van der Waals surface area contributed by atoms with Crippen LogP contribution >= 0.6 is 12.4 Å². The molecule has 4 N–H and O–H groups in total. The van der Waals surface area contributed by atoms with Crippen LogP contribution < -0.4 is 11.1 Å². The Morgan fingerprint density at radius 1 is 1.32 bits per heavy atom. The van der Waals surface area contributed by atoms with Gasteiger partial charge in [-0.2, -0.15) is 5.10 Å². The molecule has 8 heteroatoms. The third-order valence-electron chi connectivity index (χ3n) is 4.12. The van der Waals surface area contributed by atoms with Crippen molar-refractivity contribution >= 4 is 24.0 Å². The van der Waals surface area contributed by atoms with Gasteiger partial charge >= 0.3 is 0 Å². The Morgan fingerprint density at radius 3 is 2.76 bits per heavy atom. The largest absolute Gasteiger partial charge is 0.378 e. The van der Waals surface area contributed by atoms with Gasteiger partial charge in [-0.3, -0.25) is 9.89 Å². The molecule has 3 rings (SSSR count). The highest BCUT2D eigenvalue weighted by Gasteiger charge is 2.15. The summed E-state index contributed by atoms with van der Waals surface area (Å²) in [6, 6.07) is 7.46. The second-order valence-corrected chi connectivity index (χ2v) is 5.96. The molecular formula is C17H24ClN5O2. The molecule has 7 nitrogen and oxygen atoms in total. The van der Waals surface area contributed by atoms with Gasteiger partial charge in [-0.05, 0) is 49.9 Å². The molecule has 1 atom stereocenters. The molecule has 0 saturated carbocycles. The number of halogens is 1. The van der Waals surface area contributed by atoms with Gasteiger partial charge in [-0.15, -0.1) is 12.4 Å². The van der Waals surface area contributed by atoms with E-state index in [1.165, 1.54) is 6.42 Å². The number of hydrogen-bond acceptors (Lipinski definition) is 5. The molecule has 1 aromatic carbocycles. The zero-order chi connectivity index (χ0) is 16.8. The Labute approximate surface area is 153 Å². The Bertz CT molecular complexity index is 668. The molecule has 1 amide bonds. The smallest absolute Gasteiger partial charge is 0.224 e. The van der Waals surface area contributed by atoms with Crippen LogP contribution in [-0.4, -0.2) is 33.8 Å². The number of hydrogen-bond donors (Lipinski definition) is 3. The topological polar surface area (TPSA) is 106 Å². The molecule has 0 radical (unpaired) electrons. The number of ether oxygens (including phenoxy) is 1. The first-order valence-electron chi connectivity index (χ1n) is 8.38. The summed E-state index contributed by atoms with van der Waals surface area (Å²) < 4.78 is 5.65. The van der Waals surface area contributed by atoms with E-state index in [0.29, 0.717) is 24.6 Å². The van der Waals surface area contributed by atoms with E-state index in [2.05, 4.69) is 20.5 Å². The Morgan fingerprint density at radius 2 is 2.12 bits per heavy atom. The number of aromatic amines is 1. The van der Waals surface area contributed by atoms with Crippen LogP contribution in [0.3, 0.4) is 0 Å². The maximum absolute atomic E-state index is 12.0. The fraction of sp³-hybridized carbons (Fsp3) is 0.471. The molecule has 0 aliphatic carbocycles. The lowest BCUT2D eigenvalue weighted by Gasteiger charge is -2.22. The Hall–Kier alpha value is -1.96. The molecule has 1 saturated heterocycles. The van der Waals surface area contributed by atoms with E-state index in [4.69, 9.17) is 10.5 Å². The van der Waals surface area contributed by atoms with Gasteiger partial charge in [0.15, 0.2) is 5.82 Å². The summed E-state index contributed by atoms with van der Waals surface area (Å²) in [5.74, 6) is 1.26. The Balaban J connectivity index is 0.00000225. The van der Waals surface area contributed by atoms with Crippen molar-refractivity contribution in [1.82, 2.24) is 15.2 Å². The van der Waals surface area contributed by atoms with Crippen LogP contribution in [0.25, 0.3) is 11.4 Å². The molecule has 1 unspecified atom stereocenters. The molecule has 136 valence electrons. The zero-order valence-electron chi connectivity index (χ0n) is 14.0. The van der Waals surface area contributed by atoms with Crippen LogP contribution in [0.4, 0.5) is 5.69 Å². The van der Waals surface area contributed by atoms with E-state index in [0.717, 1.165) is 37.1 Å². The van der Waals surface area contributed by atoms with Gasteiger partial charge in [0.05, 0.1) is 12.6 Å². The highest BCUT2D eigenvalue weighted by atomic mass is 35.5. The fourth-order valence-electron chi connectivity index (χ4n) is 2.77. The molecule has 2 aromatic rings. The van der Waals surface area contributed by atoms with E-state index in [1.807, 2.05) is 24.3 Å². The first-order valence-corrected chi connectivity index (χ1v) is 8.38. The van der Waals surface area contributed by atoms with E-state index >= 15 is 0 Å². The molecular weight excluding hydrogens is 342 g/mol. The lowest BCUT2D eigenvalue weighted by Crippen LogP contribution is -2.21. The number of benzene rings is 1. The average Bonchev–Trinajstić information content (AvgIpc) is 3.11. The van der Waals surface area contributed by atoms with Crippen LogP contribution in [-0.2, 0) is 16.1 Å².